The van der Waals surface area contributed by atoms with Crippen molar-refractivity contribution in [3.8, 4) is 0 Å². The standard InChI is InChI=1S/C26H26BrF3N4O3S/c1-3-37-25(36)22-16-9-4-13(2)10-19(16)38-24(22)32-23(35)18-12-21-31-17(14-5-7-15(27)8-6-14)11-20(26(28,29)30)34(21)33-18/h5-8,12-13,17,20,31H,3-4,9-11H2,1-2H3,(H,32,35)/t13-,17-,20+/m1/s1. The van der Waals surface area contributed by atoms with Crippen molar-refractivity contribution in [3.63, 3.8) is 0 Å². The third kappa shape index (κ3) is 5.20. The number of anilines is 2. The molecule has 0 saturated carbocycles. The van der Waals surface area contributed by atoms with Crippen LogP contribution in [-0.4, -0.2) is 34.4 Å². The predicted octanol–water partition coefficient (Wildman–Crippen LogP) is 6.92. The number of thiophene rings is 1. The monoisotopic (exact) mass is 610 g/mol. The average Bonchev–Trinajstić information content (AvgIpc) is 3.44. The Bertz CT molecular complexity index is 1370. The number of esters is 1. The molecule has 0 fully saturated rings. The lowest BCUT2D eigenvalue weighted by molar-refractivity contribution is -0.173. The average molecular weight is 611 g/mol. The molecule has 3 aromatic rings. The molecule has 3 atom stereocenters. The van der Waals surface area contributed by atoms with E-state index in [1.54, 1.807) is 31.2 Å². The Morgan fingerprint density at radius 1 is 1.29 bits per heavy atom. The number of halogens is 4. The highest BCUT2D eigenvalue weighted by molar-refractivity contribution is 9.10. The first-order valence-corrected chi connectivity index (χ1v) is 14.0. The Labute approximate surface area is 229 Å². The Kier molecular flexibility index (Phi) is 7.29. The van der Waals surface area contributed by atoms with Crippen LogP contribution in [0.5, 0.6) is 0 Å². The first kappa shape index (κ1) is 26.7. The molecular formula is C26H26BrF3N4O3S. The summed E-state index contributed by atoms with van der Waals surface area (Å²) in [5.74, 6) is -0.660. The predicted molar refractivity (Wildman–Crippen MR) is 142 cm³/mol. The van der Waals surface area contributed by atoms with E-state index in [9.17, 15) is 22.8 Å². The van der Waals surface area contributed by atoms with E-state index in [2.05, 4.69) is 38.6 Å². The van der Waals surface area contributed by atoms with Gasteiger partial charge >= 0.3 is 12.1 Å². The molecule has 202 valence electrons. The van der Waals surface area contributed by atoms with Crippen LogP contribution in [0, 0.1) is 5.92 Å². The summed E-state index contributed by atoms with van der Waals surface area (Å²) in [7, 11) is 0. The van der Waals surface area contributed by atoms with Gasteiger partial charge in [0, 0.05) is 21.8 Å². The summed E-state index contributed by atoms with van der Waals surface area (Å²) >= 11 is 4.66. The van der Waals surface area contributed by atoms with Crippen LogP contribution in [0.4, 0.5) is 24.0 Å². The maximum atomic E-state index is 14.1. The summed E-state index contributed by atoms with van der Waals surface area (Å²) in [4.78, 5) is 27.0. The second-order valence-corrected chi connectivity index (χ2v) is 11.7. The van der Waals surface area contributed by atoms with Crippen molar-refractivity contribution in [3.05, 3.63) is 62.1 Å². The Morgan fingerprint density at radius 2 is 2.03 bits per heavy atom. The van der Waals surface area contributed by atoms with E-state index < -0.39 is 30.1 Å². The molecular weight excluding hydrogens is 585 g/mol. The molecule has 2 N–H and O–H groups in total. The molecule has 0 saturated heterocycles. The summed E-state index contributed by atoms with van der Waals surface area (Å²) in [6.45, 7) is 4.02. The van der Waals surface area contributed by atoms with Gasteiger partial charge in [0.2, 0.25) is 0 Å². The molecule has 0 unspecified atom stereocenters. The van der Waals surface area contributed by atoms with Crippen LogP contribution >= 0.6 is 27.3 Å². The van der Waals surface area contributed by atoms with Gasteiger partial charge in [0.05, 0.1) is 18.2 Å². The zero-order valence-electron chi connectivity index (χ0n) is 20.7. The first-order chi connectivity index (χ1) is 18.0. The van der Waals surface area contributed by atoms with Gasteiger partial charge in [-0.25, -0.2) is 9.48 Å². The number of ether oxygens (including phenoxy) is 1. The van der Waals surface area contributed by atoms with E-state index in [0.717, 1.165) is 32.4 Å². The normalized spacial score (nSPS) is 20.7. The van der Waals surface area contributed by atoms with Crippen molar-refractivity contribution < 1.29 is 27.5 Å². The number of nitrogens with one attached hydrogen (secondary N) is 2. The molecule has 38 heavy (non-hydrogen) atoms. The van der Waals surface area contributed by atoms with Gasteiger partial charge in [-0.05, 0) is 55.4 Å². The third-order valence-electron chi connectivity index (χ3n) is 6.91. The fourth-order valence-electron chi connectivity index (χ4n) is 5.02. The van der Waals surface area contributed by atoms with Crippen molar-refractivity contribution in [1.29, 1.82) is 0 Å². The van der Waals surface area contributed by atoms with Crippen LogP contribution in [0.2, 0.25) is 0 Å². The fraction of sp³-hybridized carbons (Fsp3) is 0.423. The molecule has 2 aliphatic rings. The number of hydrogen-bond donors (Lipinski definition) is 2. The van der Waals surface area contributed by atoms with Gasteiger partial charge in [-0.1, -0.05) is 35.0 Å². The minimum atomic E-state index is -4.56. The molecule has 1 aliphatic carbocycles. The molecule has 7 nitrogen and oxygen atoms in total. The maximum absolute atomic E-state index is 14.1. The number of carbonyl (C=O) groups is 2. The van der Waals surface area contributed by atoms with Crippen LogP contribution in [0.1, 0.15) is 75.6 Å². The van der Waals surface area contributed by atoms with Crippen molar-refractivity contribution in [2.45, 2.75) is 57.8 Å². The molecule has 1 amide bonds. The zero-order chi connectivity index (χ0) is 27.2. The van der Waals surface area contributed by atoms with Gasteiger partial charge < -0.3 is 15.4 Å². The van der Waals surface area contributed by atoms with Crippen LogP contribution in [0.3, 0.4) is 0 Å². The van der Waals surface area contributed by atoms with E-state index in [0.29, 0.717) is 28.5 Å². The number of alkyl halides is 3. The van der Waals surface area contributed by atoms with Crippen LogP contribution in [0.15, 0.2) is 34.8 Å². The minimum absolute atomic E-state index is 0.0987. The molecule has 1 aliphatic heterocycles. The molecule has 0 spiro atoms. The lowest BCUT2D eigenvalue weighted by Crippen LogP contribution is -2.35. The highest BCUT2D eigenvalue weighted by atomic mass is 79.9. The zero-order valence-corrected chi connectivity index (χ0v) is 23.1. The number of rotatable bonds is 5. The summed E-state index contributed by atoms with van der Waals surface area (Å²) in [6, 6.07) is 5.85. The van der Waals surface area contributed by atoms with Gasteiger partial charge in [-0.15, -0.1) is 11.3 Å². The minimum Gasteiger partial charge on any atom is -0.462 e. The topological polar surface area (TPSA) is 85.2 Å². The summed E-state index contributed by atoms with van der Waals surface area (Å²) in [6.07, 6.45) is -2.43. The molecule has 0 radical (unpaired) electrons. The third-order valence-corrected chi connectivity index (χ3v) is 8.61. The van der Waals surface area contributed by atoms with Crippen LogP contribution in [-0.2, 0) is 17.6 Å². The van der Waals surface area contributed by atoms with Crippen LogP contribution in [0.25, 0.3) is 0 Å². The molecule has 0 bridgehead atoms. The summed E-state index contributed by atoms with van der Waals surface area (Å²) in [5.41, 5.74) is 1.73. The van der Waals surface area contributed by atoms with Crippen molar-refractivity contribution >= 4 is 50.0 Å². The van der Waals surface area contributed by atoms with Crippen LogP contribution < -0.4 is 10.6 Å². The van der Waals surface area contributed by atoms with Crippen molar-refractivity contribution in [2.24, 2.45) is 5.92 Å². The quantitative estimate of drug-likeness (QED) is 0.306. The number of aromatic nitrogens is 2. The second kappa shape index (κ2) is 10.4. The summed E-state index contributed by atoms with van der Waals surface area (Å²) in [5, 5.41) is 10.2. The lowest BCUT2D eigenvalue weighted by atomic mass is 9.88. The molecule has 3 heterocycles. The Balaban J connectivity index is 1.45. The van der Waals surface area contributed by atoms with Gasteiger partial charge in [-0.3, -0.25) is 4.79 Å². The molecule has 1 aromatic carbocycles. The number of nitrogens with zero attached hydrogens (tertiary/aromatic N) is 2. The Hall–Kier alpha value is -2.86. The second-order valence-electron chi connectivity index (χ2n) is 9.63. The maximum Gasteiger partial charge on any atom is 0.410 e. The van der Waals surface area contributed by atoms with Gasteiger partial charge in [0.15, 0.2) is 11.7 Å². The fourth-order valence-corrected chi connectivity index (χ4v) is 6.68. The highest BCUT2D eigenvalue weighted by Crippen LogP contribution is 2.44. The smallest absolute Gasteiger partial charge is 0.410 e. The lowest BCUT2D eigenvalue weighted by Gasteiger charge is -2.33. The number of benzene rings is 1. The van der Waals surface area contributed by atoms with Gasteiger partial charge in [0.1, 0.15) is 10.8 Å². The van der Waals surface area contributed by atoms with E-state index in [1.165, 1.54) is 17.4 Å². The SMILES string of the molecule is CCOC(=O)c1c(NC(=O)c2cc3n(n2)[C@H](C(F)(F)F)C[C@H](c2ccc(Br)cc2)N3)sc2c1CC[C@@H](C)C2. The Morgan fingerprint density at radius 3 is 2.71 bits per heavy atom. The molecule has 5 rings (SSSR count). The number of carbonyl (C=O) groups excluding carboxylic acids is 2. The van der Waals surface area contributed by atoms with Gasteiger partial charge in [0.25, 0.3) is 5.91 Å². The van der Waals surface area contributed by atoms with Crippen molar-refractivity contribution in [1.82, 2.24) is 9.78 Å². The largest absolute Gasteiger partial charge is 0.462 e. The van der Waals surface area contributed by atoms with Crippen molar-refractivity contribution in [2.75, 3.05) is 17.2 Å². The highest BCUT2D eigenvalue weighted by Gasteiger charge is 2.47. The number of amides is 1. The van der Waals surface area contributed by atoms with E-state index in [-0.39, 0.29) is 24.5 Å². The number of fused-ring (bicyclic) bond motifs is 2. The molecule has 2 aromatic heterocycles. The number of hydrogen-bond acceptors (Lipinski definition) is 6. The van der Waals surface area contributed by atoms with E-state index in [4.69, 9.17) is 4.74 Å². The summed E-state index contributed by atoms with van der Waals surface area (Å²) < 4.78 is 49.1. The molecule has 12 heteroatoms. The van der Waals surface area contributed by atoms with Gasteiger partial charge in [-0.2, -0.15) is 18.3 Å². The van der Waals surface area contributed by atoms with E-state index >= 15 is 0 Å². The van der Waals surface area contributed by atoms with E-state index in [1.807, 2.05) is 0 Å². The first-order valence-electron chi connectivity index (χ1n) is 12.4.